The topological polar surface area (TPSA) is 66.5 Å². The molecule has 0 aliphatic carbocycles. The van der Waals surface area contributed by atoms with E-state index in [1.54, 1.807) is 72.8 Å². The molecule has 0 heterocycles. The van der Waals surface area contributed by atoms with E-state index in [0.717, 1.165) is 17.5 Å². The molecule has 0 bridgehead atoms. The van der Waals surface area contributed by atoms with Gasteiger partial charge in [-0.15, -0.1) is 0 Å². The summed E-state index contributed by atoms with van der Waals surface area (Å²) in [6.07, 6.45) is 0.842. The van der Waals surface area contributed by atoms with Gasteiger partial charge in [-0.3, -0.25) is 9.10 Å². The Labute approximate surface area is 195 Å². The highest BCUT2D eigenvalue weighted by atomic mass is 35.5. The largest absolute Gasteiger partial charge is 0.350 e. The van der Waals surface area contributed by atoms with Crippen LogP contribution in [-0.2, 0) is 16.6 Å². The van der Waals surface area contributed by atoms with E-state index in [2.05, 4.69) is 5.32 Å². The second-order valence-corrected chi connectivity index (χ2v) is 10.0. The zero-order chi connectivity index (χ0) is 23.3. The van der Waals surface area contributed by atoms with Crippen LogP contribution in [0.25, 0.3) is 0 Å². The molecule has 1 atom stereocenters. The fraction of sp³-hybridized carbons (Fsp3) is 0.240. The van der Waals surface area contributed by atoms with Crippen molar-refractivity contribution < 1.29 is 13.2 Å². The van der Waals surface area contributed by atoms with Crippen molar-refractivity contribution in [1.29, 1.82) is 0 Å². The van der Waals surface area contributed by atoms with E-state index in [-0.39, 0.29) is 23.4 Å². The van der Waals surface area contributed by atoms with E-state index in [1.165, 1.54) is 4.31 Å². The lowest BCUT2D eigenvalue weighted by Gasteiger charge is -2.26. The van der Waals surface area contributed by atoms with E-state index in [0.29, 0.717) is 16.3 Å². The Bertz CT molecular complexity index is 1180. The van der Waals surface area contributed by atoms with Gasteiger partial charge in [-0.05, 0) is 67.8 Å². The van der Waals surface area contributed by atoms with Crippen LogP contribution in [0.4, 0.5) is 5.69 Å². The summed E-state index contributed by atoms with van der Waals surface area (Å²) in [4.78, 5) is 12.6. The molecule has 0 saturated carbocycles. The summed E-state index contributed by atoms with van der Waals surface area (Å²) in [6, 6.07) is 20.6. The predicted octanol–water partition coefficient (Wildman–Crippen LogP) is 5.57. The fourth-order valence-electron chi connectivity index (χ4n) is 3.21. The minimum absolute atomic E-state index is 0.0829. The molecule has 3 rings (SSSR count). The molecule has 3 aromatic rings. The Kier molecular flexibility index (Phi) is 7.59. The number of aryl methyl sites for hydroxylation is 1. The molecule has 0 saturated heterocycles. The normalized spacial score (nSPS) is 12.2. The SMILES string of the molecule is CC[C@H](C)NC(=O)c1ccc(CN(c2cc(Cl)ccc2C)S(=O)(=O)c2ccccc2)cc1. The van der Waals surface area contributed by atoms with E-state index >= 15 is 0 Å². The third-order valence-corrected chi connectivity index (χ3v) is 7.31. The summed E-state index contributed by atoms with van der Waals surface area (Å²) in [7, 11) is -3.84. The molecule has 0 aliphatic rings. The standard InChI is InChI=1S/C25H27ClN2O3S/c1-4-19(3)27-25(29)21-13-11-20(12-14-21)17-28(24-16-22(26)15-10-18(24)2)32(30,31)23-8-6-5-7-9-23/h5-16,19H,4,17H2,1-3H3,(H,27,29)/t19-/m0/s1. The number of rotatable bonds is 8. The van der Waals surface area contributed by atoms with Gasteiger partial charge >= 0.3 is 0 Å². The molecular formula is C25H27ClN2O3S. The minimum Gasteiger partial charge on any atom is -0.350 e. The molecule has 1 amide bonds. The lowest BCUT2D eigenvalue weighted by Crippen LogP contribution is -2.32. The average molecular weight is 471 g/mol. The summed E-state index contributed by atoms with van der Waals surface area (Å²) in [5, 5.41) is 3.39. The van der Waals surface area contributed by atoms with Crippen molar-refractivity contribution >= 4 is 33.2 Å². The molecule has 0 fully saturated rings. The Morgan fingerprint density at radius 1 is 1.03 bits per heavy atom. The van der Waals surface area contributed by atoms with Crippen LogP contribution in [0.15, 0.2) is 77.7 Å². The number of sulfonamides is 1. The molecule has 0 radical (unpaired) electrons. The van der Waals surface area contributed by atoms with Gasteiger partial charge in [0.25, 0.3) is 15.9 Å². The van der Waals surface area contributed by atoms with E-state index in [9.17, 15) is 13.2 Å². The fourth-order valence-corrected chi connectivity index (χ4v) is 4.90. The number of hydrogen-bond acceptors (Lipinski definition) is 3. The third-order valence-electron chi connectivity index (χ3n) is 5.30. The molecule has 168 valence electrons. The zero-order valence-electron chi connectivity index (χ0n) is 18.4. The number of nitrogens with one attached hydrogen (secondary N) is 1. The Balaban J connectivity index is 1.97. The first-order valence-corrected chi connectivity index (χ1v) is 12.3. The summed E-state index contributed by atoms with van der Waals surface area (Å²) < 4.78 is 28.5. The number of halogens is 1. The predicted molar refractivity (Wildman–Crippen MR) is 130 cm³/mol. The highest BCUT2D eigenvalue weighted by Gasteiger charge is 2.26. The lowest BCUT2D eigenvalue weighted by molar-refractivity contribution is 0.0939. The van der Waals surface area contributed by atoms with Crippen LogP contribution < -0.4 is 9.62 Å². The van der Waals surface area contributed by atoms with Crippen LogP contribution in [0, 0.1) is 6.92 Å². The van der Waals surface area contributed by atoms with Gasteiger partial charge in [-0.1, -0.05) is 54.9 Å². The molecule has 32 heavy (non-hydrogen) atoms. The zero-order valence-corrected chi connectivity index (χ0v) is 20.0. The highest BCUT2D eigenvalue weighted by Crippen LogP contribution is 2.31. The van der Waals surface area contributed by atoms with Gasteiger partial charge in [0.1, 0.15) is 0 Å². The number of carbonyl (C=O) groups excluding carboxylic acids is 1. The maximum atomic E-state index is 13.5. The van der Waals surface area contributed by atoms with Crippen molar-refractivity contribution in [1.82, 2.24) is 5.32 Å². The molecule has 1 N–H and O–H groups in total. The Morgan fingerprint density at radius 3 is 2.31 bits per heavy atom. The summed E-state index contributed by atoms with van der Waals surface area (Å²) in [6.45, 7) is 5.91. The summed E-state index contributed by atoms with van der Waals surface area (Å²) in [5.41, 5.74) is 2.59. The van der Waals surface area contributed by atoms with E-state index < -0.39 is 10.0 Å². The molecule has 0 aliphatic heterocycles. The summed E-state index contributed by atoms with van der Waals surface area (Å²) in [5.74, 6) is -0.148. The Hall–Kier alpha value is -2.83. The lowest BCUT2D eigenvalue weighted by atomic mass is 10.1. The number of carbonyl (C=O) groups is 1. The van der Waals surface area contributed by atoms with Gasteiger partial charge in [0.05, 0.1) is 17.1 Å². The van der Waals surface area contributed by atoms with Crippen LogP contribution in [0.5, 0.6) is 0 Å². The smallest absolute Gasteiger partial charge is 0.264 e. The van der Waals surface area contributed by atoms with Crippen LogP contribution in [0.1, 0.15) is 41.8 Å². The van der Waals surface area contributed by atoms with Gasteiger partial charge in [-0.2, -0.15) is 0 Å². The van der Waals surface area contributed by atoms with E-state index in [1.807, 2.05) is 20.8 Å². The molecule has 0 unspecified atom stereocenters. The molecule has 5 nitrogen and oxygen atoms in total. The monoisotopic (exact) mass is 470 g/mol. The number of benzene rings is 3. The maximum absolute atomic E-state index is 13.5. The Morgan fingerprint density at radius 2 is 1.69 bits per heavy atom. The second kappa shape index (κ2) is 10.2. The number of nitrogens with zero attached hydrogens (tertiary/aromatic N) is 1. The van der Waals surface area contributed by atoms with Crippen molar-refractivity contribution in [3.8, 4) is 0 Å². The maximum Gasteiger partial charge on any atom is 0.264 e. The molecule has 0 aromatic heterocycles. The first kappa shape index (κ1) is 23.8. The second-order valence-electron chi connectivity index (χ2n) is 7.74. The molecule has 7 heteroatoms. The molecular weight excluding hydrogens is 444 g/mol. The van der Waals surface area contributed by atoms with E-state index in [4.69, 9.17) is 11.6 Å². The minimum atomic E-state index is -3.84. The summed E-state index contributed by atoms with van der Waals surface area (Å²) >= 11 is 6.20. The van der Waals surface area contributed by atoms with Gasteiger partial charge in [0, 0.05) is 16.6 Å². The van der Waals surface area contributed by atoms with Crippen molar-refractivity contribution in [2.24, 2.45) is 0 Å². The average Bonchev–Trinajstić information content (AvgIpc) is 2.80. The molecule has 0 spiro atoms. The van der Waals surface area contributed by atoms with Gasteiger partial charge < -0.3 is 5.32 Å². The number of anilines is 1. The van der Waals surface area contributed by atoms with Crippen LogP contribution >= 0.6 is 11.6 Å². The van der Waals surface area contributed by atoms with Crippen LogP contribution in [-0.4, -0.2) is 20.4 Å². The highest BCUT2D eigenvalue weighted by molar-refractivity contribution is 7.92. The van der Waals surface area contributed by atoms with Crippen LogP contribution in [0.2, 0.25) is 5.02 Å². The first-order chi connectivity index (χ1) is 15.2. The third kappa shape index (κ3) is 5.50. The van der Waals surface area contributed by atoms with Gasteiger partial charge in [0.2, 0.25) is 0 Å². The van der Waals surface area contributed by atoms with Crippen molar-refractivity contribution in [3.63, 3.8) is 0 Å². The van der Waals surface area contributed by atoms with Crippen molar-refractivity contribution in [2.75, 3.05) is 4.31 Å². The number of hydrogen-bond donors (Lipinski definition) is 1. The first-order valence-electron chi connectivity index (χ1n) is 10.5. The van der Waals surface area contributed by atoms with Gasteiger partial charge in [0.15, 0.2) is 0 Å². The quantitative estimate of drug-likeness (QED) is 0.467. The van der Waals surface area contributed by atoms with Crippen molar-refractivity contribution in [2.45, 2.75) is 44.7 Å². The molecule has 3 aromatic carbocycles. The van der Waals surface area contributed by atoms with Crippen LogP contribution in [0.3, 0.4) is 0 Å². The van der Waals surface area contributed by atoms with Gasteiger partial charge in [-0.25, -0.2) is 8.42 Å². The van der Waals surface area contributed by atoms with Crippen molar-refractivity contribution in [3.05, 3.63) is 94.5 Å². The number of amides is 1.